The molecule has 0 heterocycles. The Morgan fingerprint density at radius 1 is 0.857 bits per heavy atom. The summed E-state index contributed by atoms with van der Waals surface area (Å²) in [5, 5.41) is 0. The summed E-state index contributed by atoms with van der Waals surface area (Å²) in [6.07, 6.45) is 0.796. The van der Waals surface area contributed by atoms with Crippen LogP contribution < -0.4 is 0 Å². The Morgan fingerprint density at radius 3 is 1.71 bits per heavy atom. The van der Waals surface area contributed by atoms with E-state index < -0.39 is 0 Å². The first kappa shape index (κ1) is 22.5. The number of halogens is 1. The molecule has 0 N–H and O–H groups in total. The van der Waals surface area contributed by atoms with Gasteiger partial charge in [-0.3, -0.25) is 0 Å². The monoisotopic (exact) mass is 399 g/mol. The van der Waals surface area contributed by atoms with Crippen molar-refractivity contribution < 1.29 is 4.74 Å². The third kappa shape index (κ3) is 5.85. The van der Waals surface area contributed by atoms with Crippen LogP contribution in [0.2, 0.25) is 0 Å². The Labute approximate surface area is 176 Å². The van der Waals surface area contributed by atoms with Crippen molar-refractivity contribution in [1.29, 1.82) is 0 Å². The zero-order valence-corrected chi connectivity index (χ0v) is 19.1. The van der Waals surface area contributed by atoms with Gasteiger partial charge < -0.3 is 4.74 Å². The van der Waals surface area contributed by atoms with Crippen LogP contribution in [-0.2, 0) is 22.0 Å². The Balaban J connectivity index is 2.35. The van der Waals surface area contributed by atoms with Gasteiger partial charge in [-0.1, -0.05) is 90.1 Å². The molecule has 1 unspecified atom stereocenters. The van der Waals surface area contributed by atoms with Gasteiger partial charge in [0.2, 0.25) is 5.90 Å². The van der Waals surface area contributed by atoms with Crippen LogP contribution in [0.25, 0.3) is 0 Å². The molecular formula is C25H34ClNO. The number of hydrogen-bond acceptors (Lipinski definition) is 2. The van der Waals surface area contributed by atoms with Gasteiger partial charge >= 0.3 is 0 Å². The first-order chi connectivity index (χ1) is 13.1. The highest BCUT2D eigenvalue weighted by molar-refractivity contribution is 6.19. The zero-order valence-electron chi connectivity index (χ0n) is 18.3. The van der Waals surface area contributed by atoms with E-state index in [-0.39, 0.29) is 16.7 Å². The molecule has 28 heavy (non-hydrogen) atoms. The lowest BCUT2D eigenvalue weighted by Gasteiger charge is -2.23. The van der Waals surface area contributed by atoms with Crippen LogP contribution in [0, 0.1) is 0 Å². The quantitative estimate of drug-likeness (QED) is 0.384. The standard InChI is InChI=1S/C25H34ClNO/c1-8-28-23(27-26)22(19-11-15-21(16-12-19)25(5,6)7)17-18-9-13-20(14-10-18)24(2,3)4/h9-16,22H,8,17H2,1-7H3/b27-23-. The molecule has 0 amide bonds. The summed E-state index contributed by atoms with van der Waals surface area (Å²) in [5.41, 5.74) is 5.33. The fraction of sp³-hybridized carbons (Fsp3) is 0.480. The van der Waals surface area contributed by atoms with Crippen LogP contribution in [0.4, 0.5) is 0 Å². The largest absolute Gasteiger partial charge is 0.480 e. The third-order valence-corrected chi connectivity index (χ3v) is 5.28. The molecule has 2 rings (SSSR count). The van der Waals surface area contributed by atoms with Gasteiger partial charge in [-0.05, 0) is 46.4 Å². The Hall–Kier alpha value is -1.80. The highest BCUT2D eigenvalue weighted by Gasteiger charge is 2.22. The van der Waals surface area contributed by atoms with Gasteiger partial charge in [0.25, 0.3) is 0 Å². The first-order valence-electron chi connectivity index (χ1n) is 10.1. The second-order valence-corrected chi connectivity index (χ2v) is 9.60. The summed E-state index contributed by atoms with van der Waals surface area (Å²) in [5.74, 6) is 0.569. The molecule has 0 aliphatic carbocycles. The number of hydrogen-bond donors (Lipinski definition) is 0. The number of rotatable bonds is 5. The van der Waals surface area contributed by atoms with E-state index >= 15 is 0 Å². The van der Waals surface area contributed by atoms with Crippen molar-refractivity contribution in [2.45, 2.75) is 71.6 Å². The molecule has 2 aromatic rings. The molecule has 0 aromatic heterocycles. The lowest BCUT2D eigenvalue weighted by Crippen LogP contribution is -2.19. The molecule has 2 nitrogen and oxygen atoms in total. The maximum absolute atomic E-state index is 5.91. The fourth-order valence-corrected chi connectivity index (χ4v) is 3.44. The maximum atomic E-state index is 5.91. The van der Waals surface area contributed by atoms with Crippen molar-refractivity contribution in [3.8, 4) is 0 Å². The molecule has 0 spiro atoms. The molecule has 0 radical (unpaired) electrons. The maximum Gasteiger partial charge on any atom is 0.208 e. The molecule has 152 valence electrons. The molecule has 0 saturated heterocycles. The summed E-state index contributed by atoms with van der Waals surface area (Å²) in [7, 11) is 0. The number of nitrogens with zero attached hydrogens (tertiary/aromatic N) is 1. The van der Waals surface area contributed by atoms with E-state index in [1.54, 1.807) is 0 Å². The smallest absolute Gasteiger partial charge is 0.208 e. The van der Waals surface area contributed by atoms with Crippen molar-refractivity contribution in [2.75, 3.05) is 6.61 Å². The van der Waals surface area contributed by atoms with Gasteiger partial charge in [0.15, 0.2) is 0 Å². The average molecular weight is 400 g/mol. The van der Waals surface area contributed by atoms with Crippen molar-refractivity contribution >= 4 is 17.7 Å². The summed E-state index contributed by atoms with van der Waals surface area (Å²) in [6, 6.07) is 17.6. The van der Waals surface area contributed by atoms with Crippen LogP contribution in [0.3, 0.4) is 0 Å². The van der Waals surface area contributed by atoms with E-state index in [0.29, 0.717) is 12.5 Å². The predicted molar refractivity (Wildman–Crippen MR) is 122 cm³/mol. The minimum absolute atomic E-state index is 0.00745. The molecule has 1 atom stereocenters. The van der Waals surface area contributed by atoms with Crippen LogP contribution in [-0.4, -0.2) is 12.5 Å². The van der Waals surface area contributed by atoms with Crippen LogP contribution in [0.1, 0.15) is 76.6 Å². The van der Waals surface area contributed by atoms with Gasteiger partial charge in [-0.2, -0.15) is 0 Å². The van der Waals surface area contributed by atoms with Crippen LogP contribution >= 0.6 is 11.8 Å². The van der Waals surface area contributed by atoms with Crippen LogP contribution in [0.5, 0.6) is 0 Å². The van der Waals surface area contributed by atoms with Gasteiger partial charge in [-0.15, -0.1) is 4.51 Å². The van der Waals surface area contributed by atoms with E-state index in [0.717, 1.165) is 6.42 Å². The molecule has 0 aliphatic heterocycles. The van der Waals surface area contributed by atoms with Gasteiger partial charge in [-0.25, -0.2) is 0 Å². The van der Waals surface area contributed by atoms with Crippen molar-refractivity contribution in [1.82, 2.24) is 0 Å². The molecule has 0 aliphatic rings. The Morgan fingerprint density at radius 2 is 1.32 bits per heavy atom. The molecule has 0 bridgehead atoms. The lowest BCUT2D eigenvalue weighted by molar-refractivity contribution is 0.312. The highest BCUT2D eigenvalue weighted by Crippen LogP contribution is 2.29. The minimum atomic E-state index is -0.00745. The van der Waals surface area contributed by atoms with Gasteiger partial charge in [0, 0.05) is 11.8 Å². The minimum Gasteiger partial charge on any atom is -0.480 e. The van der Waals surface area contributed by atoms with E-state index in [1.807, 2.05) is 6.92 Å². The number of benzene rings is 2. The predicted octanol–water partition coefficient (Wildman–Crippen LogP) is 7.20. The molecule has 2 aromatic carbocycles. The Kier molecular flexibility index (Phi) is 7.33. The van der Waals surface area contributed by atoms with E-state index in [4.69, 9.17) is 16.5 Å². The van der Waals surface area contributed by atoms with Crippen LogP contribution in [0.15, 0.2) is 53.0 Å². The topological polar surface area (TPSA) is 21.6 Å². The van der Waals surface area contributed by atoms with Gasteiger partial charge in [0.05, 0.1) is 12.5 Å². The van der Waals surface area contributed by atoms with E-state index in [1.165, 1.54) is 22.3 Å². The molecule has 3 heteroatoms. The second-order valence-electron chi connectivity index (χ2n) is 9.43. The molecular weight excluding hydrogens is 366 g/mol. The second kappa shape index (κ2) is 9.13. The third-order valence-electron chi connectivity index (χ3n) is 5.11. The summed E-state index contributed by atoms with van der Waals surface area (Å²) >= 11 is 5.91. The van der Waals surface area contributed by atoms with E-state index in [9.17, 15) is 0 Å². The van der Waals surface area contributed by atoms with Crippen molar-refractivity contribution in [2.24, 2.45) is 4.51 Å². The van der Waals surface area contributed by atoms with E-state index in [2.05, 4.69) is 94.6 Å². The molecule has 0 fully saturated rings. The molecule has 0 saturated carbocycles. The normalized spacial score (nSPS) is 14.1. The average Bonchev–Trinajstić information content (AvgIpc) is 2.63. The summed E-state index contributed by atoms with van der Waals surface area (Å²) < 4.78 is 9.72. The first-order valence-corrected chi connectivity index (χ1v) is 10.4. The lowest BCUT2D eigenvalue weighted by atomic mass is 9.83. The Bertz CT molecular complexity index is 777. The zero-order chi connectivity index (χ0) is 20.9. The van der Waals surface area contributed by atoms with Crippen molar-refractivity contribution in [3.05, 3.63) is 70.8 Å². The summed E-state index contributed by atoms with van der Waals surface area (Å²) in [4.78, 5) is 0. The fourth-order valence-electron chi connectivity index (χ4n) is 3.27. The van der Waals surface area contributed by atoms with Crippen molar-refractivity contribution in [3.63, 3.8) is 0 Å². The summed E-state index contributed by atoms with van der Waals surface area (Å²) in [6.45, 7) is 15.9. The SMILES string of the molecule is CCO/C(=N\Cl)C(Cc1ccc(C(C)(C)C)cc1)c1ccc(C(C)(C)C)cc1. The number of ether oxygens (including phenoxy) is 1. The highest BCUT2D eigenvalue weighted by atomic mass is 35.5. The van der Waals surface area contributed by atoms with Gasteiger partial charge in [0.1, 0.15) is 0 Å².